The Morgan fingerprint density at radius 3 is 2.56 bits per heavy atom. The number of ether oxygens (including phenoxy) is 1. The molecule has 0 aliphatic rings. The van der Waals surface area contributed by atoms with Crippen LogP contribution in [0, 0.1) is 6.92 Å². The van der Waals surface area contributed by atoms with Gasteiger partial charge in [-0.2, -0.15) is 0 Å². The van der Waals surface area contributed by atoms with Gasteiger partial charge in [0.15, 0.2) is 0 Å². The largest absolute Gasteiger partial charge is 0.478 e. The van der Waals surface area contributed by atoms with Crippen LogP contribution in [0.15, 0.2) is 30.6 Å². The van der Waals surface area contributed by atoms with E-state index in [4.69, 9.17) is 21.4 Å². The molecule has 0 saturated carbocycles. The third kappa shape index (κ3) is 2.75. The van der Waals surface area contributed by atoms with Gasteiger partial charge in [-0.05, 0) is 30.7 Å². The van der Waals surface area contributed by atoms with Crippen molar-refractivity contribution >= 4 is 17.6 Å². The molecule has 0 amide bonds. The number of nitrogens with zero attached hydrogens (tertiary/aromatic N) is 2. The summed E-state index contributed by atoms with van der Waals surface area (Å²) in [4.78, 5) is 18.2. The fraction of sp³-hybridized carbons (Fsp3) is 0.0833. The van der Waals surface area contributed by atoms with Gasteiger partial charge in [-0.1, -0.05) is 11.6 Å². The van der Waals surface area contributed by atoms with E-state index < -0.39 is 5.97 Å². The molecule has 6 heteroatoms. The van der Waals surface area contributed by atoms with Crippen molar-refractivity contribution in [2.24, 2.45) is 0 Å². The minimum atomic E-state index is -1.08. The zero-order chi connectivity index (χ0) is 13.1. The summed E-state index contributed by atoms with van der Waals surface area (Å²) in [5.41, 5.74) is 0.851. The Labute approximate surface area is 108 Å². The molecule has 0 fully saturated rings. The summed E-state index contributed by atoms with van der Waals surface area (Å²) in [6.45, 7) is 1.84. The van der Waals surface area contributed by atoms with Crippen LogP contribution in [0.1, 0.15) is 15.9 Å². The molecule has 0 aliphatic carbocycles. The van der Waals surface area contributed by atoms with Gasteiger partial charge in [-0.15, -0.1) is 0 Å². The molecule has 0 bridgehead atoms. The Bertz CT molecular complexity index is 584. The van der Waals surface area contributed by atoms with Crippen LogP contribution in [-0.4, -0.2) is 21.0 Å². The van der Waals surface area contributed by atoms with Crippen LogP contribution in [0.2, 0.25) is 5.02 Å². The lowest BCUT2D eigenvalue weighted by molar-refractivity contribution is 0.0696. The molecule has 1 heterocycles. The van der Waals surface area contributed by atoms with Gasteiger partial charge in [0.1, 0.15) is 5.75 Å². The molecule has 2 rings (SSSR count). The topological polar surface area (TPSA) is 72.3 Å². The van der Waals surface area contributed by atoms with Crippen molar-refractivity contribution < 1.29 is 14.6 Å². The summed E-state index contributed by atoms with van der Waals surface area (Å²) < 4.78 is 5.43. The number of carboxylic acid groups (broad SMARTS) is 1. The van der Waals surface area contributed by atoms with E-state index in [-0.39, 0.29) is 11.6 Å². The maximum atomic E-state index is 10.6. The Hall–Kier alpha value is -2.14. The molecular formula is C12H9ClN2O3. The Morgan fingerprint density at radius 2 is 2.00 bits per heavy atom. The van der Waals surface area contributed by atoms with Crippen molar-refractivity contribution in [2.45, 2.75) is 6.92 Å². The lowest BCUT2D eigenvalue weighted by atomic mass is 10.2. The molecule has 0 saturated heterocycles. The number of rotatable bonds is 3. The highest BCUT2D eigenvalue weighted by molar-refractivity contribution is 6.30. The van der Waals surface area contributed by atoms with Crippen molar-refractivity contribution in [3.8, 4) is 11.8 Å². The quantitative estimate of drug-likeness (QED) is 0.923. The summed E-state index contributed by atoms with van der Waals surface area (Å²) in [6, 6.07) is 5.23. The molecule has 2 aromatic rings. The molecule has 92 valence electrons. The van der Waals surface area contributed by atoms with Gasteiger partial charge in [-0.25, -0.2) is 14.8 Å². The number of hydrogen-bond donors (Lipinski definition) is 1. The molecule has 0 unspecified atom stereocenters. The molecule has 0 atom stereocenters. The fourth-order valence-corrected chi connectivity index (χ4v) is 1.53. The summed E-state index contributed by atoms with van der Waals surface area (Å²) >= 11 is 5.82. The standard InChI is InChI=1S/C12H9ClN2O3/c1-7-4-9(13)2-3-10(7)18-12-14-5-8(6-15-12)11(16)17/h2-6H,1H3,(H,16,17). The molecule has 0 aliphatic heterocycles. The molecular weight excluding hydrogens is 256 g/mol. The van der Waals surface area contributed by atoms with E-state index in [0.717, 1.165) is 5.56 Å². The maximum absolute atomic E-state index is 10.6. The molecule has 1 aromatic heterocycles. The first-order valence-electron chi connectivity index (χ1n) is 5.05. The average Bonchev–Trinajstić information content (AvgIpc) is 2.33. The number of carbonyl (C=O) groups is 1. The average molecular weight is 265 g/mol. The highest BCUT2D eigenvalue weighted by atomic mass is 35.5. The van der Waals surface area contributed by atoms with Gasteiger partial charge in [0.05, 0.1) is 5.56 Å². The normalized spacial score (nSPS) is 10.1. The number of hydrogen-bond acceptors (Lipinski definition) is 4. The fourth-order valence-electron chi connectivity index (χ4n) is 1.31. The molecule has 1 aromatic carbocycles. The van der Waals surface area contributed by atoms with Crippen molar-refractivity contribution in [3.05, 3.63) is 46.7 Å². The first-order chi connectivity index (χ1) is 8.56. The third-order valence-corrected chi connectivity index (χ3v) is 2.45. The van der Waals surface area contributed by atoms with Crippen LogP contribution in [0.3, 0.4) is 0 Å². The number of carboxylic acids is 1. The van der Waals surface area contributed by atoms with Crippen LogP contribution in [0.5, 0.6) is 11.8 Å². The predicted octanol–water partition coefficient (Wildman–Crippen LogP) is 2.93. The van der Waals surface area contributed by atoms with E-state index >= 15 is 0 Å². The van der Waals surface area contributed by atoms with Gasteiger partial charge < -0.3 is 9.84 Å². The predicted molar refractivity (Wildman–Crippen MR) is 65.3 cm³/mol. The summed E-state index contributed by atoms with van der Waals surface area (Å²) in [7, 11) is 0. The second-order valence-corrected chi connectivity index (χ2v) is 4.01. The number of halogens is 1. The van der Waals surface area contributed by atoms with Crippen LogP contribution in [0.25, 0.3) is 0 Å². The van der Waals surface area contributed by atoms with Crippen LogP contribution >= 0.6 is 11.6 Å². The molecule has 1 N–H and O–H groups in total. The summed E-state index contributed by atoms with van der Waals surface area (Å²) in [5, 5.41) is 9.32. The molecule has 0 radical (unpaired) electrons. The monoisotopic (exact) mass is 264 g/mol. The van der Waals surface area contributed by atoms with E-state index in [1.54, 1.807) is 18.2 Å². The van der Waals surface area contributed by atoms with E-state index in [0.29, 0.717) is 10.8 Å². The van der Waals surface area contributed by atoms with E-state index in [9.17, 15) is 4.79 Å². The van der Waals surface area contributed by atoms with Gasteiger partial charge in [0.25, 0.3) is 0 Å². The van der Waals surface area contributed by atoms with Crippen LogP contribution in [-0.2, 0) is 0 Å². The lowest BCUT2D eigenvalue weighted by Gasteiger charge is -2.06. The molecule has 18 heavy (non-hydrogen) atoms. The second-order valence-electron chi connectivity index (χ2n) is 3.57. The molecule has 0 spiro atoms. The minimum Gasteiger partial charge on any atom is -0.478 e. The first kappa shape index (κ1) is 12.3. The zero-order valence-corrected chi connectivity index (χ0v) is 10.2. The summed E-state index contributed by atoms with van der Waals surface area (Å²) in [5.74, 6) is -0.508. The minimum absolute atomic E-state index is 0.00942. The first-order valence-corrected chi connectivity index (χ1v) is 5.43. The molecule has 5 nitrogen and oxygen atoms in total. The van der Waals surface area contributed by atoms with Crippen molar-refractivity contribution in [2.75, 3.05) is 0 Å². The zero-order valence-electron chi connectivity index (χ0n) is 9.42. The Morgan fingerprint density at radius 1 is 1.33 bits per heavy atom. The smallest absolute Gasteiger partial charge is 0.338 e. The number of aromatic carboxylic acids is 1. The van der Waals surface area contributed by atoms with Crippen LogP contribution < -0.4 is 4.74 Å². The van der Waals surface area contributed by atoms with Gasteiger partial charge in [-0.3, -0.25) is 0 Å². The van der Waals surface area contributed by atoms with Crippen molar-refractivity contribution in [1.29, 1.82) is 0 Å². The lowest BCUT2D eigenvalue weighted by Crippen LogP contribution is -2.00. The SMILES string of the molecule is Cc1cc(Cl)ccc1Oc1ncc(C(=O)O)cn1. The van der Waals surface area contributed by atoms with Crippen molar-refractivity contribution in [1.82, 2.24) is 9.97 Å². The maximum Gasteiger partial charge on any atom is 0.338 e. The Balaban J connectivity index is 2.21. The van der Waals surface area contributed by atoms with E-state index in [2.05, 4.69) is 9.97 Å². The Kier molecular flexibility index (Phi) is 3.43. The van der Waals surface area contributed by atoms with Gasteiger partial charge >= 0.3 is 12.0 Å². The van der Waals surface area contributed by atoms with Gasteiger partial charge in [0, 0.05) is 17.4 Å². The highest BCUT2D eigenvalue weighted by Crippen LogP contribution is 2.25. The second kappa shape index (κ2) is 5.01. The van der Waals surface area contributed by atoms with Crippen molar-refractivity contribution in [3.63, 3.8) is 0 Å². The van der Waals surface area contributed by atoms with Crippen LogP contribution in [0.4, 0.5) is 0 Å². The van der Waals surface area contributed by atoms with E-state index in [1.807, 2.05) is 6.92 Å². The number of aryl methyl sites for hydroxylation is 1. The number of benzene rings is 1. The third-order valence-electron chi connectivity index (χ3n) is 2.21. The highest BCUT2D eigenvalue weighted by Gasteiger charge is 2.07. The number of aromatic nitrogens is 2. The summed E-state index contributed by atoms with van der Waals surface area (Å²) in [6.07, 6.45) is 2.38. The van der Waals surface area contributed by atoms with E-state index in [1.165, 1.54) is 12.4 Å². The van der Waals surface area contributed by atoms with Gasteiger partial charge in [0.2, 0.25) is 0 Å².